The molecule has 0 fully saturated rings. The van der Waals surface area contributed by atoms with E-state index in [0.29, 0.717) is 46.3 Å². The van der Waals surface area contributed by atoms with Crippen molar-refractivity contribution in [3.63, 3.8) is 0 Å². The highest BCUT2D eigenvalue weighted by Gasteiger charge is 2.13. The first-order valence-electron chi connectivity index (χ1n) is 10.2. The van der Waals surface area contributed by atoms with Crippen LogP contribution in [0.5, 0.6) is 5.75 Å². The summed E-state index contributed by atoms with van der Waals surface area (Å²) in [6.45, 7) is 0.598. The van der Waals surface area contributed by atoms with Gasteiger partial charge in [-0.2, -0.15) is 5.16 Å². The molecule has 0 spiro atoms. The number of nitrogens with one attached hydrogen (secondary N) is 2. The zero-order valence-corrected chi connectivity index (χ0v) is 18.4. The molecule has 5 rings (SSSR count). The van der Waals surface area contributed by atoms with Crippen LogP contribution in [0.1, 0.15) is 5.56 Å². The van der Waals surface area contributed by atoms with Crippen molar-refractivity contribution < 1.29 is 13.7 Å². The topological polar surface area (TPSA) is 93.0 Å². The third-order valence-corrected chi connectivity index (χ3v) is 6.18. The number of methoxy groups -OCH3 is 1. The van der Waals surface area contributed by atoms with Crippen LogP contribution in [-0.4, -0.2) is 28.8 Å². The van der Waals surface area contributed by atoms with Crippen LogP contribution in [0.4, 0.5) is 10.2 Å². The van der Waals surface area contributed by atoms with Gasteiger partial charge in [-0.1, -0.05) is 12.1 Å². The van der Waals surface area contributed by atoms with E-state index in [1.54, 1.807) is 13.2 Å². The molecule has 3 aromatic heterocycles. The molecule has 0 amide bonds. The van der Waals surface area contributed by atoms with Gasteiger partial charge in [-0.05, 0) is 47.0 Å². The van der Waals surface area contributed by atoms with Crippen molar-refractivity contribution in [2.75, 3.05) is 19.0 Å². The minimum Gasteiger partial charge on any atom is -0.496 e. The van der Waals surface area contributed by atoms with Crippen LogP contribution in [0.25, 0.3) is 32.7 Å². The second-order valence-electron chi connectivity index (χ2n) is 7.37. The number of aromatic nitrogens is 3. The number of aromatic amines is 1. The Morgan fingerprint density at radius 1 is 1.15 bits per heavy atom. The molecule has 0 radical (unpaired) electrons. The first kappa shape index (κ1) is 20.9. The molecule has 0 aliphatic rings. The number of ether oxygens (including phenoxy) is 1. The van der Waals surface area contributed by atoms with Crippen LogP contribution in [0.2, 0.25) is 0 Å². The summed E-state index contributed by atoms with van der Waals surface area (Å²) in [6, 6.07) is 14.3. The van der Waals surface area contributed by atoms with Crippen LogP contribution in [0.15, 0.2) is 69.6 Å². The standard InChI is InChI=1S/C24H19FN4O3S/c1-31-20-10-15(2-3-17(20)21-12-23(30)29-32-21)19-11-22(28-13-27-19)26-6-4-14-8-16-5-7-33-24(16)18(25)9-14/h2-3,5,7-13H,4,6H2,1H3,(H,29,30)(H,26,27,28). The Hall–Kier alpha value is -3.98. The van der Waals surface area contributed by atoms with E-state index in [0.717, 1.165) is 16.5 Å². The molecule has 0 saturated heterocycles. The smallest absolute Gasteiger partial charge is 0.280 e. The van der Waals surface area contributed by atoms with E-state index < -0.39 is 0 Å². The first-order chi connectivity index (χ1) is 16.1. The van der Waals surface area contributed by atoms with Crippen molar-refractivity contribution in [1.29, 1.82) is 0 Å². The van der Waals surface area contributed by atoms with Crippen LogP contribution >= 0.6 is 11.3 Å². The second-order valence-corrected chi connectivity index (χ2v) is 8.29. The number of halogens is 1. The van der Waals surface area contributed by atoms with E-state index in [4.69, 9.17) is 9.26 Å². The average molecular weight is 463 g/mol. The maximum Gasteiger partial charge on any atom is 0.280 e. The number of H-pyrrole nitrogens is 1. The predicted octanol–water partition coefficient (Wildman–Crippen LogP) is 5.11. The highest BCUT2D eigenvalue weighted by atomic mass is 32.1. The molecule has 0 atom stereocenters. The summed E-state index contributed by atoms with van der Waals surface area (Å²) in [4.78, 5) is 20.0. The highest BCUT2D eigenvalue weighted by Crippen LogP contribution is 2.33. The Balaban J connectivity index is 1.32. The predicted molar refractivity (Wildman–Crippen MR) is 126 cm³/mol. The van der Waals surface area contributed by atoms with Gasteiger partial charge in [0.25, 0.3) is 5.56 Å². The SMILES string of the molecule is COc1cc(-c2cc(NCCc3cc(F)c4sccc4c3)ncn2)ccc1-c1cc(=O)[nH]o1. The highest BCUT2D eigenvalue weighted by molar-refractivity contribution is 7.17. The molecular weight excluding hydrogens is 443 g/mol. The third kappa shape index (κ3) is 4.35. The fourth-order valence-electron chi connectivity index (χ4n) is 3.66. The fourth-order valence-corrected chi connectivity index (χ4v) is 4.44. The first-order valence-corrected chi connectivity index (χ1v) is 11.1. The summed E-state index contributed by atoms with van der Waals surface area (Å²) in [5, 5.41) is 8.38. The molecule has 7 nitrogen and oxygen atoms in total. The average Bonchev–Trinajstić information content (AvgIpc) is 3.48. The van der Waals surface area contributed by atoms with Gasteiger partial charge < -0.3 is 14.6 Å². The summed E-state index contributed by atoms with van der Waals surface area (Å²) in [5.41, 5.74) is 2.79. The third-order valence-electron chi connectivity index (χ3n) is 5.24. The molecule has 3 heterocycles. The van der Waals surface area contributed by atoms with E-state index in [-0.39, 0.29) is 11.4 Å². The number of nitrogens with zero attached hydrogens (tertiary/aromatic N) is 2. The van der Waals surface area contributed by atoms with E-state index in [1.165, 1.54) is 23.7 Å². The van der Waals surface area contributed by atoms with E-state index in [1.807, 2.05) is 41.8 Å². The summed E-state index contributed by atoms with van der Waals surface area (Å²) in [7, 11) is 1.55. The van der Waals surface area contributed by atoms with Gasteiger partial charge in [-0.25, -0.2) is 14.4 Å². The van der Waals surface area contributed by atoms with Crippen molar-refractivity contribution in [2.45, 2.75) is 6.42 Å². The maximum absolute atomic E-state index is 14.2. The molecule has 0 saturated carbocycles. The number of thiophene rings is 1. The van der Waals surface area contributed by atoms with E-state index in [2.05, 4.69) is 20.4 Å². The van der Waals surface area contributed by atoms with Crippen molar-refractivity contribution in [3.05, 3.63) is 82.0 Å². The Kier molecular flexibility index (Phi) is 5.62. The lowest BCUT2D eigenvalue weighted by Gasteiger charge is -2.10. The molecular formula is C24H19FN4O3S. The summed E-state index contributed by atoms with van der Waals surface area (Å²) in [5.74, 6) is 1.43. The molecule has 33 heavy (non-hydrogen) atoms. The quantitative estimate of drug-likeness (QED) is 0.349. The Bertz CT molecular complexity index is 1490. The number of anilines is 1. The maximum atomic E-state index is 14.2. The minimum atomic E-state index is -0.319. The van der Waals surface area contributed by atoms with Gasteiger partial charge in [0.15, 0.2) is 5.76 Å². The van der Waals surface area contributed by atoms with Gasteiger partial charge in [0.2, 0.25) is 0 Å². The van der Waals surface area contributed by atoms with Crippen LogP contribution in [0.3, 0.4) is 0 Å². The molecule has 0 bridgehead atoms. The van der Waals surface area contributed by atoms with Gasteiger partial charge in [0.1, 0.15) is 23.7 Å². The molecule has 2 N–H and O–H groups in total. The van der Waals surface area contributed by atoms with E-state index >= 15 is 0 Å². The minimum absolute atomic E-state index is 0.182. The number of hydrogen-bond donors (Lipinski definition) is 2. The van der Waals surface area contributed by atoms with Crippen LogP contribution in [-0.2, 0) is 6.42 Å². The number of rotatable bonds is 7. The van der Waals surface area contributed by atoms with Gasteiger partial charge in [-0.15, -0.1) is 11.3 Å². The fraction of sp³-hybridized carbons (Fsp3) is 0.125. The molecule has 5 aromatic rings. The second kappa shape index (κ2) is 8.87. The molecule has 166 valence electrons. The van der Waals surface area contributed by atoms with Crippen molar-refractivity contribution in [3.8, 4) is 28.3 Å². The zero-order valence-electron chi connectivity index (χ0n) is 17.6. The molecule has 2 aromatic carbocycles. The van der Waals surface area contributed by atoms with E-state index in [9.17, 15) is 9.18 Å². The lowest BCUT2D eigenvalue weighted by Crippen LogP contribution is -2.07. The van der Waals surface area contributed by atoms with Crippen molar-refractivity contribution >= 4 is 27.2 Å². The Morgan fingerprint density at radius 3 is 2.88 bits per heavy atom. The number of benzene rings is 2. The Labute approximate surface area is 191 Å². The molecule has 9 heteroatoms. The van der Waals surface area contributed by atoms with Gasteiger partial charge in [0.05, 0.1) is 29.1 Å². The number of fused-ring (bicyclic) bond motifs is 1. The van der Waals surface area contributed by atoms with Gasteiger partial charge in [-0.3, -0.25) is 4.79 Å². The molecule has 0 unspecified atom stereocenters. The zero-order chi connectivity index (χ0) is 22.8. The lowest BCUT2D eigenvalue weighted by molar-refractivity contribution is 0.404. The summed E-state index contributed by atoms with van der Waals surface area (Å²) < 4.78 is 25.6. The van der Waals surface area contributed by atoms with Gasteiger partial charge >= 0.3 is 0 Å². The van der Waals surface area contributed by atoms with Gasteiger partial charge in [0, 0.05) is 18.2 Å². The summed E-state index contributed by atoms with van der Waals surface area (Å²) in [6.07, 6.45) is 2.15. The molecule has 0 aliphatic carbocycles. The van der Waals surface area contributed by atoms with Crippen molar-refractivity contribution in [2.24, 2.45) is 0 Å². The van der Waals surface area contributed by atoms with Crippen LogP contribution < -0.4 is 15.6 Å². The number of hydrogen-bond acceptors (Lipinski definition) is 7. The van der Waals surface area contributed by atoms with Crippen LogP contribution in [0, 0.1) is 5.82 Å². The summed E-state index contributed by atoms with van der Waals surface area (Å²) >= 11 is 1.41. The van der Waals surface area contributed by atoms with Crippen molar-refractivity contribution in [1.82, 2.24) is 15.1 Å². The largest absolute Gasteiger partial charge is 0.496 e. The normalized spacial score (nSPS) is 11.1. The molecule has 0 aliphatic heterocycles. The lowest BCUT2D eigenvalue weighted by atomic mass is 10.1. The Morgan fingerprint density at radius 2 is 2.06 bits per heavy atom. The monoisotopic (exact) mass is 462 g/mol.